The van der Waals surface area contributed by atoms with E-state index in [0.717, 1.165) is 24.8 Å². The van der Waals surface area contributed by atoms with Gasteiger partial charge in [0.05, 0.1) is 0 Å². The Kier molecular flexibility index (Phi) is 5.33. The van der Waals surface area contributed by atoms with Crippen LogP contribution in [-0.4, -0.2) is 23.3 Å². The third-order valence-corrected chi connectivity index (χ3v) is 3.93. The predicted molar refractivity (Wildman–Crippen MR) is 74.6 cm³/mol. The monoisotopic (exact) mass is 250 g/mol. The predicted octanol–water partition coefficient (Wildman–Crippen LogP) is 3.27. The summed E-state index contributed by atoms with van der Waals surface area (Å²) in [6.45, 7) is 3.35. The molecule has 0 aromatic carbocycles. The highest BCUT2D eigenvalue weighted by Gasteiger charge is 2.19. The molecule has 1 fully saturated rings. The van der Waals surface area contributed by atoms with Gasteiger partial charge in [-0.3, -0.25) is 4.98 Å². The summed E-state index contributed by atoms with van der Waals surface area (Å²) < 4.78 is 0. The Bertz CT molecular complexity index is 337. The zero-order valence-electron chi connectivity index (χ0n) is 10.6. The first-order valence-corrected chi connectivity index (χ1v) is 7.67. The van der Waals surface area contributed by atoms with E-state index in [1.807, 2.05) is 24.2 Å². The van der Waals surface area contributed by atoms with Crippen LogP contribution < -0.4 is 5.32 Å². The molecule has 2 rings (SSSR count). The third kappa shape index (κ3) is 5.09. The van der Waals surface area contributed by atoms with Crippen LogP contribution in [0.15, 0.2) is 23.4 Å². The highest BCUT2D eigenvalue weighted by Crippen LogP contribution is 2.20. The third-order valence-electron chi connectivity index (χ3n) is 2.97. The number of unbranched alkanes of at least 4 members (excludes halogenated alkanes) is 1. The van der Waals surface area contributed by atoms with Gasteiger partial charge in [0.25, 0.3) is 0 Å². The van der Waals surface area contributed by atoms with Gasteiger partial charge < -0.3 is 5.32 Å². The Balaban J connectivity index is 1.70. The van der Waals surface area contributed by atoms with Crippen molar-refractivity contribution < 1.29 is 0 Å². The Hall–Kier alpha value is -0.540. The molecular weight excluding hydrogens is 228 g/mol. The van der Waals surface area contributed by atoms with Crippen molar-refractivity contribution in [1.29, 1.82) is 0 Å². The fourth-order valence-electron chi connectivity index (χ4n) is 1.78. The summed E-state index contributed by atoms with van der Waals surface area (Å²) in [4.78, 5) is 5.64. The van der Waals surface area contributed by atoms with Crippen molar-refractivity contribution in [2.24, 2.45) is 0 Å². The number of thioether (sulfide) groups is 1. The van der Waals surface area contributed by atoms with Gasteiger partial charge in [0, 0.05) is 35.6 Å². The SMILES string of the molecule is CCCCc1cncc(SCCNC2CC2)c1. The second-order valence-electron chi connectivity index (χ2n) is 4.71. The quantitative estimate of drug-likeness (QED) is 0.566. The van der Waals surface area contributed by atoms with Crippen molar-refractivity contribution in [3.63, 3.8) is 0 Å². The van der Waals surface area contributed by atoms with Crippen molar-refractivity contribution in [3.05, 3.63) is 24.0 Å². The molecule has 1 N–H and O–H groups in total. The molecule has 0 aliphatic heterocycles. The molecule has 1 heterocycles. The fourth-order valence-corrected chi connectivity index (χ4v) is 2.61. The number of aryl methyl sites for hydroxylation is 1. The van der Waals surface area contributed by atoms with Crippen LogP contribution >= 0.6 is 11.8 Å². The second-order valence-corrected chi connectivity index (χ2v) is 5.88. The van der Waals surface area contributed by atoms with E-state index in [2.05, 4.69) is 23.3 Å². The van der Waals surface area contributed by atoms with Gasteiger partial charge in [-0.25, -0.2) is 0 Å². The standard InChI is InChI=1S/C14H22N2S/c1-2-3-4-12-9-14(11-15-10-12)17-8-7-16-13-5-6-13/h9-11,13,16H,2-8H2,1H3. The van der Waals surface area contributed by atoms with Gasteiger partial charge in [0.15, 0.2) is 0 Å². The highest BCUT2D eigenvalue weighted by atomic mass is 32.2. The van der Waals surface area contributed by atoms with Gasteiger partial charge in [-0.2, -0.15) is 0 Å². The van der Waals surface area contributed by atoms with E-state index in [1.165, 1.54) is 36.1 Å². The molecule has 0 saturated heterocycles. The van der Waals surface area contributed by atoms with Gasteiger partial charge in [-0.1, -0.05) is 13.3 Å². The smallest absolute Gasteiger partial charge is 0.0404 e. The van der Waals surface area contributed by atoms with Crippen LogP contribution in [0.3, 0.4) is 0 Å². The minimum Gasteiger partial charge on any atom is -0.313 e. The van der Waals surface area contributed by atoms with Gasteiger partial charge in [-0.05, 0) is 37.3 Å². The lowest BCUT2D eigenvalue weighted by Crippen LogP contribution is -2.19. The molecule has 0 amide bonds. The van der Waals surface area contributed by atoms with E-state index in [4.69, 9.17) is 0 Å². The summed E-state index contributed by atoms with van der Waals surface area (Å²) in [5, 5.41) is 3.53. The van der Waals surface area contributed by atoms with E-state index in [0.29, 0.717) is 0 Å². The van der Waals surface area contributed by atoms with Gasteiger partial charge in [0.2, 0.25) is 0 Å². The number of hydrogen-bond acceptors (Lipinski definition) is 3. The van der Waals surface area contributed by atoms with Gasteiger partial charge in [-0.15, -0.1) is 11.8 Å². The summed E-state index contributed by atoms with van der Waals surface area (Å²) in [5.74, 6) is 1.15. The molecule has 1 aliphatic carbocycles. The van der Waals surface area contributed by atoms with Gasteiger partial charge >= 0.3 is 0 Å². The lowest BCUT2D eigenvalue weighted by atomic mass is 10.1. The summed E-state index contributed by atoms with van der Waals surface area (Å²) in [5.41, 5.74) is 1.38. The zero-order valence-corrected chi connectivity index (χ0v) is 11.4. The first kappa shape index (κ1) is 12.9. The molecule has 3 heteroatoms. The molecule has 1 aliphatic rings. The minimum atomic E-state index is 0.824. The van der Waals surface area contributed by atoms with Crippen LogP contribution in [-0.2, 0) is 6.42 Å². The number of pyridine rings is 1. The van der Waals surface area contributed by atoms with Crippen molar-refractivity contribution in [1.82, 2.24) is 10.3 Å². The van der Waals surface area contributed by atoms with E-state index >= 15 is 0 Å². The Morgan fingerprint density at radius 2 is 2.29 bits per heavy atom. The maximum Gasteiger partial charge on any atom is 0.0404 e. The van der Waals surface area contributed by atoms with Crippen molar-refractivity contribution in [2.75, 3.05) is 12.3 Å². The molecule has 1 aromatic heterocycles. The molecule has 0 radical (unpaired) electrons. The number of nitrogens with zero attached hydrogens (tertiary/aromatic N) is 1. The van der Waals surface area contributed by atoms with Crippen LogP contribution in [0.1, 0.15) is 38.2 Å². The lowest BCUT2D eigenvalue weighted by Gasteiger charge is -2.05. The van der Waals surface area contributed by atoms with Crippen LogP contribution in [0, 0.1) is 0 Å². The summed E-state index contributed by atoms with van der Waals surface area (Å²) >= 11 is 1.91. The average Bonchev–Trinajstić information content (AvgIpc) is 3.17. The fraction of sp³-hybridized carbons (Fsp3) is 0.643. The Labute approximate surface area is 109 Å². The lowest BCUT2D eigenvalue weighted by molar-refractivity contribution is 0.726. The molecule has 0 bridgehead atoms. The van der Waals surface area contributed by atoms with Gasteiger partial charge in [0.1, 0.15) is 0 Å². The topological polar surface area (TPSA) is 24.9 Å². The molecule has 1 aromatic rings. The van der Waals surface area contributed by atoms with Crippen molar-refractivity contribution in [3.8, 4) is 0 Å². The van der Waals surface area contributed by atoms with Crippen LogP contribution in [0.5, 0.6) is 0 Å². The van der Waals surface area contributed by atoms with E-state index in [9.17, 15) is 0 Å². The van der Waals surface area contributed by atoms with Crippen LogP contribution in [0.2, 0.25) is 0 Å². The summed E-state index contributed by atoms with van der Waals surface area (Å²) in [6, 6.07) is 3.12. The van der Waals surface area contributed by atoms with Crippen LogP contribution in [0.25, 0.3) is 0 Å². The highest BCUT2D eigenvalue weighted by molar-refractivity contribution is 7.99. The Morgan fingerprint density at radius 3 is 3.06 bits per heavy atom. The van der Waals surface area contributed by atoms with E-state index in [-0.39, 0.29) is 0 Å². The average molecular weight is 250 g/mol. The molecule has 94 valence electrons. The van der Waals surface area contributed by atoms with Crippen LogP contribution in [0.4, 0.5) is 0 Å². The summed E-state index contributed by atoms with van der Waals surface area (Å²) in [7, 11) is 0. The molecule has 17 heavy (non-hydrogen) atoms. The number of hydrogen-bond donors (Lipinski definition) is 1. The molecular formula is C14H22N2S. The van der Waals surface area contributed by atoms with E-state index in [1.54, 1.807) is 0 Å². The Morgan fingerprint density at radius 1 is 1.41 bits per heavy atom. The maximum absolute atomic E-state index is 4.32. The molecule has 0 unspecified atom stereocenters. The molecule has 2 nitrogen and oxygen atoms in total. The van der Waals surface area contributed by atoms with Crippen molar-refractivity contribution >= 4 is 11.8 Å². The first-order valence-electron chi connectivity index (χ1n) is 6.68. The number of rotatable bonds is 8. The maximum atomic E-state index is 4.32. The largest absolute Gasteiger partial charge is 0.313 e. The zero-order chi connectivity index (χ0) is 11.9. The minimum absolute atomic E-state index is 0.824. The molecule has 1 saturated carbocycles. The normalized spacial score (nSPS) is 15.1. The molecule has 0 atom stereocenters. The number of nitrogens with one attached hydrogen (secondary N) is 1. The second kappa shape index (κ2) is 7.02. The van der Waals surface area contributed by atoms with Crippen molar-refractivity contribution in [2.45, 2.75) is 50.0 Å². The molecule has 0 spiro atoms. The summed E-state index contributed by atoms with van der Waals surface area (Å²) in [6.07, 6.45) is 10.4. The number of aromatic nitrogens is 1. The first-order chi connectivity index (χ1) is 8.38. The van der Waals surface area contributed by atoms with E-state index < -0.39 is 0 Å².